The van der Waals surface area contributed by atoms with Crippen LogP contribution in [0.2, 0.25) is 0 Å². The van der Waals surface area contributed by atoms with Crippen molar-refractivity contribution in [3.63, 3.8) is 0 Å². The molecule has 0 saturated heterocycles. The van der Waals surface area contributed by atoms with Gasteiger partial charge in [0.1, 0.15) is 5.78 Å². The molecule has 0 aromatic rings. The van der Waals surface area contributed by atoms with Gasteiger partial charge in [-0.15, -0.1) is 6.58 Å². The topological polar surface area (TPSA) is 17.1 Å². The van der Waals surface area contributed by atoms with Gasteiger partial charge in [-0.3, -0.25) is 4.79 Å². The van der Waals surface area contributed by atoms with Crippen LogP contribution in [0.1, 0.15) is 83.5 Å². The van der Waals surface area contributed by atoms with Crippen LogP contribution < -0.4 is 0 Å². The molecule has 114 valence electrons. The van der Waals surface area contributed by atoms with Crippen LogP contribution in [0.3, 0.4) is 0 Å². The summed E-state index contributed by atoms with van der Waals surface area (Å²) in [5.74, 6) is 3.29. The number of Topliss-reactive ketones (excluding diaryl/α,β-unsaturated/α-hetero) is 1. The minimum Gasteiger partial charge on any atom is -0.300 e. The van der Waals surface area contributed by atoms with Gasteiger partial charge in [0.15, 0.2) is 0 Å². The number of allylic oxidation sites excluding steroid dienone is 1. The summed E-state index contributed by atoms with van der Waals surface area (Å²) in [6.07, 6.45) is 18.8. The van der Waals surface area contributed by atoms with Crippen LogP contribution in [-0.4, -0.2) is 5.78 Å². The highest BCUT2D eigenvalue weighted by atomic mass is 16.1. The maximum absolute atomic E-state index is 11.2. The zero-order valence-corrected chi connectivity index (χ0v) is 13.1. The van der Waals surface area contributed by atoms with Gasteiger partial charge in [0, 0.05) is 12.8 Å². The van der Waals surface area contributed by atoms with Crippen molar-refractivity contribution in [1.82, 2.24) is 0 Å². The molecule has 2 aliphatic rings. The molecule has 1 heteroatoms. The van der Waals surface area contributed by atoms with E-state index in [0.29, 0.717) is 5.78 Å². The van der Waals surface area contributed by atoms with E-state index in [9.17, 15) is 4.79 Å². The van der Waals surface area contributed by atoms with Gasteiger partial charge in [0.2, 0.25) is 0 Å². The fourth-order valence-electron chi connectivity index (χ4n) is 4.15. The lowest BCUT2D eigenvalue weighted by molar-refractivity contribution is -0.121. The van der Waals surface area contributed by atoms with Crippen LogP contribution in [0, 0.1) is 17.8 Å². The van der Waals surface area contributed by atoms with Crippen molar-refractivity contribution in [3.05, 3.63) is 12.7 Å². The molecule has 0 aliphatic heterocycles. The van der Waals surface area contributed by atoms with Crippen molar-refractivity contribution in [2.45, 2.75) is 83.5 Å². The van der Waals surface area contributed by atoms with Gasteiger partial charge in [-0.25, -0.2) is 0 Å². The second-order valence-corrected chi connectivity index (χ2v) is 7.18. The Balaban J connectivity index is 1.49. The van der Waals surface area contributed by atoms with E-state index >= 15 is 0 Å². The predicted molar refractivity (Wildman–Crippen MR) is 85.7 cm³/mol. The maximum atomic E-state index is 11.2. The highest BCUT2D eigenvalue weighted by Crippen LogP contribution is 2.34. The number of carbonyl (C=O) groups is 1. The fourth-order valence-corrected chi connectivity index (χ4v) is 4.15. The Morgan fingerprint density at radius 2 is 1.35 bits per heavy atom. The van der Waals surface area contributed by atoms with Gasteiger partial charge in [0.25, 0.3) is 0 Å². The summed E-state index contributed by atoms with van der Waals surface area (Å²) in [6, 6.07) is 0. The van der Waals surface area contributed by atoms with E-state index in [1.165, 1.54) is 70.6 Å². The molecule has 0 spiro atoms. The number of hydrogen-bond donors (Lipinski definition) is 0. The van der Waals surface area contributed by atoms with Gasteiger partial charge in [-0.05, 0) is 49.9 Å². The molecule has 0 bridgehead atoms. The molecule has 1 nitrogen and oxygen atoms in total. The summed E-state index contributed by atoms with van der Waals surface area (Å²) in [7, 11) is 0. The van der Waals surface area contributed by atoms with Crippen molar-refractivity contribution in [2.75, 3.05) is 0 Å². The highest BCUT2D eigenvalue weighted by Gasteiger charge is 2.21. The molecule has 0 unspecified atom stereocenters. The van der Waals surface area contributed by atoms with E-state index in [4.69, 9.17) is 0 Å². The van der Waals surface area contributed by atoms with Crippen molar-refractivity contribution < 1.29 is 4.79 Å². The largest absolute Gasteiger partial charge is 0.300 e. The summed E-state index contributed by atoms with van der Waals surface area (Å²) < 4.78 is 0. The molecular formula is C19H32O. The number of ketones is 1. The minimum absolute atomic E-state index is 0.498. The highest BCUT2D eigenvalue weighted by molar-refractivity contribution is 5.78. The van der Waals surface area contributed by atoms with E-state index in [-0.39, 0.29) is 0 Å². The normalized spacial score (nSPS) is 28.5. The molecular weight excluding hydrogens is 244 g/mol. The van der Waals surface area contributed by atoms with Gasteiger partial charge >= 0.3 is 0 Å². The zero-order valence-electron chi connectivity index (χ0n) is 13.1. The second kappa shape index (κ2) is 8.64. The molecule has 2 saturated carbocycles. The zero-order chi connectivity index (χ0) is 14.2. The first-order chi connectivity index (χ1) is 9.78. The SMILES string of the molecule is C=CC[C@H]1CC[C@H](CCCCC2CCC(=O)CC2)CC1. The molecule has 2 aliphatic carbocycles. The monoisotopic (exact) mass is 276 g/mol. The van der Waals surface area contributed by atoms with Gasteiger partial charge in [0.05, 0.1) is 0 Å². The standard InChI is InChI=1S/C19H32O/c1-2-5-16-8-10-17(11-9-16)6-3-4-7-18-12-14-19(20)15-13-18/h2,16-18H,1,3-15H2/t16-,17-. The van der Waals surface area contributed by atoms with Crippen molar-refractivity contribution in [2.24, 2.45) is 17.8 Å². The van der Waals surface area contributed by atoms with Crippen LogP contribution in [0.15, 0.2) is 12.7 Å². The molecule has 0 aromatic heterocycles. The van der Waals surface area contributed by atoms with Crippen LogP contribution in [-0.2, 0) is 4.79 Å². The quantitative estimate of drug-likeness (QED) is 0.431. The van der Waals surface area contributed by atoms with Crippen molar-refractivity contribution >= 4 is 5.78 Å². The Morgan fingerprint density at radius 1 is 0.850 bits per heavy atom. The third kappa shape index (κ3) is 5.42. The average molecular weight is 276 g/mol. The second-order valence-electron chi connectivity index (χ2n) is 7.18. The third-order valence-corrected chi connectivity index (χ3v) is 5.60. The first-order valence-electron chi connectivity index (χ1n) is 8.90. The van der Waals surface area contributed by atoms with Crippen molar-refractivity contribution in [1.29, 1.82) is 0 Å². The van der Waals surface area contributed by atoms with Gasteiger partial charge in [-0.2, -0.15) is 0 Å². The van der Waals surface area contributed by atoms with E-state index in [2.05, 4.69) is 12.7 Å². The molecule has 0 N–H and O–H groups in total. The lowest BCUT2D eigenvalue weighted by atomic mass is 9.78. The average Bonchev–Trinajstić information content (AvgIpc) is 2.47. The van der Waals surface area contributed by atoms with E-state index in [0.717, 1.165) is 30.6 Å². The van der Waals surface area contributed by atoms with E-state index in [1.54, 1.807) is 0 Å². The summed E-state index contributed by atoms with van der Waals surface area (Å²) in [6.45, 7) is 3.86. The van der Waals surface area contributed by atoms with Crippen LogP contribution in [0.25, 0.3) is 0 Å². The summed E-state index contributed by atoms with van der Waals surface area (Å²) >= 11 is 0. The minimum atomic E-state index is 0.498. The molecule has 0 radical (unpaired) electrons. The van der Waals surface area contributed by atoms with Crippen LogP contribution in [0.5, 0.6) is 0 Å². The fraction of sp³-hybridized carbons (Fsp3) is 0.842. The van der Waals surface area contributed by atoms with Gasteiger partial charge in [-0.1, -0.05) is 44.6 Å². The number of hydrogen-bond acceptors (Lipinski definition) is 1. The Morgan fingerprint density at radius 3 is 1.90 bits per heavy atom. The van der Waals surface area contributed by atoms with E-state index < -0.39 is 0 Å². The molecule has 2 rings (SSSR count). The maximum Gasteiger partial charge on any atom is 0.132 e. The molecule has 0 atom stereocenters. The first kappa shape index (κ1) is 15.8. The van der Waals surface area contributed by atoms with Crippen LogP contribution >= 0.6 is 0 Å². The molecule has 0 heterocycles. The van der Waals surface area contributed by atoms with E-state index in [1.807, 2.05) is 0 Å². The Hall–Kier alpha value is -0.590. The van der Waals surface area contributed by atoms with Crippen LogP contribution in [0.4, 0.5) is 0 Å². The number of rotatable bonds is 7. The number of carbonyl (C=O) groups excluding carboxylic acids is 1. The van der Waals surface area contributed by atoms with Gasteiger partial charge < -0.3 is 0 Å². The predicted octanol–water partition coefficient (Wildman–Crippen LogP) is 5.69. The lowest BCUT2D eigenvalue weighted by Gasteiger charge is -2.28. The lowest BCUT2D eigenvalue weighted by Crippen LogP contribution is -2.15. The Kier molecular flexibility index (Phi) is 6.82. The molecule has 0 aromatic carbocycles. The smallest absolute Gasteiger partial charge is 0.132 e. The molecule has 20 heavy (non-hydrogen) atoms. The Bertz CT molecular complexity index is 289. The molecule has 0 amide bonds. The van der Waals surface area contributed by atoms with Crippen molar-refractivity contribution in [3.8, 4) is 0 Å². The summed E-state index contributed by atoms with van der Waals surface area (Å²) in [5, 5.41) is 0. The molecule has 2 fully saturated rings. The first-order valence-corrected chi connectivity index (χ1v) is 8.90. The summed E-state index contributed by atoms with van der Waals surface area (Å²) in [4.78, 5) is 11.2. The third-order valence-electron chi connectivity index (χ3n) is 5.60. The summed E-state index contributed by atoms with van der Waals surface area (Å²) in [5.41, 5.74) is 0. The number of unbranched alkanes of at least 4 members (excludes halogenated alkanes) is 1. The Labute approximate surface area is 125 Å².